The van der Waals surface area contributed by atoms with E-state index in [0.29, 0.717) is 17.0 Å². The number of carbonyl (C=O) groups excluding carboxylic acids is 2. The lowest BCUT2D eigenvalue weighted by atomic mass is 10.1. The highest BCUT2D eigenvalue weighted by Crippen LogP contribution is 2.25. The molecule has 3 aromatic rings. The Labute approximate surface area is 228 Å². The highest BCUT2D eigenvalue weighted by atomic mass is 35.5. The minimum absolute atomic E-state index is 0.0176. The van der Waals surface area contributed by atoms with Crippen molar-refractivity contribution in [1.82, 2.24) is 10.2 Å². The fourth-order valence-electron chi connectivity index (χ4n) is 3.71. The number of rotatable bonds is 11. The fraction of sp³-hybridized carbons (Fsp3) is 0.286. The monoisotopic (exact) mass is 559 g/mol. The van der Waals surface area contributed by atoms with Crippen LogP contribution in [0.1, 0.15) is 32.8 Å². The van der Waals surface area contributed by atoms with E-state index in [2.05, 4.69) is 5.32 Å². The first-order valence-electron chi connectivity index (χ1n) is 12.2. The number of hydrogen-bond acceptors (Lipinski definition) is 4. The van der Waals surface area contributed by atoms with E-state index in [9.17, 15) is 22.4 Å². The van der Waals surface area contributed by atoms with Gasteiger partial charge in [-0.15, -0.1) is 0 Å². The smallest absolute Gasteiger partial charge is 0.264 e. The number of benzene rings is 3. The number of halogens is 2. The number of sulfonamides is 1. The lowest BCUT2D eigenvalue weighted by Gasteiger charge is -2.32. The maximum Gasteiger partial charge on any atom is 0.264 e. The molecule has 1 N–H and O–H groups in total. The van der Waals surface area contributed by atoms with E-state index in [4.69, 9.17) is 11.6 Å². The molecule has 0 saturated heterocycles. The molecule has 0 saturated carbocycles. The van der Waals surface area contributed by atoms with Crippen LogP contribution in [0.15, 0.2) is 83.8 Å². The van der Waals surface area contributed by atoms with Crippen molar-refractivity contribution >= 4 is 39.1 Å². The SMILES string of the molecule is CC[C@H](C)NC(=O)[C@@H](C)N(Cc1ccccc1Cl)C(=O)CN(c1ccc(F)cc1)S(=O)(=O)c1ccccc1. The molecule has 7 nitrogen and oxygen atoms in total. The molecule has 10 heteroatoms. The van der Waals surface area contributed by atoms with Gasteiger partial charge in [-0.2, -0.15) is 0 Å². The molecule has 0 aromatic heterocycles. The molecule has 0 aliphatic carbocycles. The van der Waals surface area contributed by atoms with Gasteiger partial charge in [-0.25, -0.2) is 12.8 Å². The highest BCUT2D eigenvalue weighted by Gasteiger charge is 2.33. The van der Waals surface area contributed by atoms with Crippen LogP contribution in [0.4, 0.5) is 10.1 Å². The molecule has 38 heavy (non-hydrogen) atoms. The molecule has 0 aliphatic rings. The third-order valence-electron chi connectivity index (χ3n) is 6.19. The zero-order valence-corrected chi connectivity index (χ0v) is 23.0. The number of carbonyl (C=O) groups is 2. The first kappa shape index (κ1) is 29.1. The average molecular weight is 560 g/mol. The summed E-state index contributed by atoms with van der Waals surface area (Å²) in [6, 6.07) is 18.4. The Morgan fingerprint density at radius 3 is 2.16 bits per heavy atom. The van der Waals surface area contributed by atoms with Crippen molar-refractivity contribution in [3.63, 3.8) is 0 Å². The van der Waals surface area contributed by atoms with E-state index in [-0.39, 0.29) is 29.1 Å². The molecule has 0 fully saturated rings. The van der Waals surface area contributed by atoms with Crippen molar-refractivity contribution in [1.29, 1.82) is 0 Å². The van der Waals surface area contributed by atoms with Crippen molar-refractivity contribution in [2.75, 3.05) is 10.8 Å². The van der Waals surface area contributed by atoms with Crippen LogP contribution in [0, 0.1) is 5.82 Å². The Bertz CT molecular complexity index is 1350. The summed E-state index contributed by atoms with van der Waals surface area (Å²) in [7, 11) is -4.21. The number of hydrogen-bond donors (Lipinski definition) is 1. The molecule has 3 aromatic carbocycles. The van der Waals surface area contributed by atoms with Crippen molar-refractivity contribution < 1.29 is 22.4 Å². The van der Waals surface area contributed by atoms with Gasteiger partial charge < -0.3 is 10.2 Å². The van der Waals surface area contributed by atoms with Gasteiger partial charge in [0.25, 0.3) is 10.0 Å². The molecule has 202 valence electrons. The summed E-state index contributed by atoms with van der Waals surface area (Å²) in [5.41, 5.74) is 0.711. The Morgan fingerprint density at radius 2 is 1.55 bits per heavy atom. The van der Waals surface area contributed by atoms with E-state index in [0.717, 1.165) is 16.4 Å². The predicted octanol–water partition coefficient (Wildman–Crippen LogP) is 5.01. The largest absolute Gasteiger partial charge is 0.352 e. The number of nitrogens with zero attached hydrogens (tertiary/aromatic N) is 2. The molecule has 0 unspecified atom stereocenters. The maximum absolute atomic E-state index is 13.8. The summed E-state index contributed by atoms with van der Waals surface area (Å²) < 4.78 is 41.9. The third kappa shape index (κ3) is 7.11. The molecule has 0 bridgehead atoms. The van der Waals surface area contributed by atoms with Gasteiger partial charge >= 0.3 is 0 Å². The number of anilines is 1. The van der Waals surface area contributed by atoms with Crippen molar-refractivity contribution in [2.24, 2.45) is 0 Å². The van der Waals surface area contributed by atoms with Crippen LogP contribution in [0.5, 0.6) is 0 Å². The molecule has 0 aliphatic heterocycles. The second-order valence-corrected chi connectivity index (χ2v) is 11.2. The lowest BCUT2D eigenvalue weighted by Crippen LogP contribution is -2.52. The van der Waals surface area contributed by atoms with Crippen LogP contribution < -0.4 is 9.62 Å². The van der Waals surface area contributed by atoms with Crippen LogP contribution in [-0.2, 0) is 26.2 Å². The van der Waals surface area contributed by atoms with Gasteiger partial charge in [0.05, 0.1) is 10.6 Å². The topological polar surface area (TPSA) is 86.8 Å². The standard InChI is InChI=1S/C28H31ClFN3O4S/c1-4-20(2)31-28(35)21(3)32(18-22-10-8-9-13-26(22)29)27(34)19-33(24-16-14-23(30)15-17-24)38(36,37)25-11-6-5-7-12-25/h5-17,20-21H,4,18-19H2,1-3H3,(H,31,35)/t20-,21+/m0/s1. The van der Waals surface area contributed by atoms with E-state index >= 15 is 0 Å². The van der Waals surface area contributed by atoms with Gasteiger partial charge in [0.15, 0.2) is 0 Å². The maximum atomic E-state index is 13.8. The van der Waals surface area contributed by atoms with E-state index < -0.39 is 34.3 Å². The minimum atomic E-state index is -4.21. The van der Waals surface area contributed by atoms with E-state index in [1.807, 2.05) is 13.8 Å². The summed E-state index contributed by atoms with van der Waals surface area (Å²) in [4.78, 5) is 28.1. The Balaban J connectivity index is 2.02. The zero-order chi connectivity index (χ0) is 27.9. The summed E-state index contributed by atoms with van der Waals surface area (Å²) >= 11 is 6.35. The Kier molecular flexibility index (Phi) is 9.88. The second-order valence-electron chi connectivity index (χ2n) is 8.91. The predicted molar refractivity (Wildman–Crippen MR) is 147 cm³/mol. The van der Waals surface area contributed by atoms with Gasteiger partial charge in [0, 0.05) is 17.6 Å². The lowest BCUT2D eigenvalue weighted by molar-refractivity contribution is -0.139. The number of nitrogens with one attached hydrogen (secondary N) is 1. The fourth-order valence-corrected chi connectivity index (χ4v) is 5.34. The van der Waals surface area contributed by atoms with Gasteiger partial charge in [0.2, 0.25) is 11.8 Å². The molecule has 2 amide bonds. The van der Waals surface area contributed by atoms with Gasteiger partial charge in [0.1, 0.15) is 18.4 Å². The van der Waals surface area contributed by atoms with Crippen LogP contribution in [0.25, 0.3) is 0 Å². The molecule has 0 heterocycles. The van der Waals surface area contributed by atoms with Crippen LogP contribution in [0.3, 0.4) is 0 Å². The molecular formula is C28H31ClFN3O4S. The Morgan fingerprint density at radius 1 is 0.947 bits per heavy atom. The van der Waals surface area contributed by atoms with Crippen molar-refractivity contribution in [3.05, 3.63) is 95.3 Å². The summed E-state index contributed by atoms with van der Waals surface area (Å²) in [5.74, 6) is -1.55. The first-order valence-corrected chi connectivity index (χ1v) is 14.0. The second kappa shape index (κ2) is 12.9. The molecule has 0 radical (unpaired) electrons. The molecule has 3 rings (SSSR count). The van der Waals surface area contributed by atoms with E-state index in [1.54, 1.807) is 49.4 Å². The quantitative estimate of drug-likeness (QED) is 0.358. The van der Waals surface area contributed by atoms with Crippen LogP contribution >= 0.6 is 11.6 Å². The summed E-state index contributed by atoms with van der Waals surface area (Å²) in [5, 5.41) is 3.28. The molecular weight excluding hydrogens is 529 g/mol. The molecule has 0 spiro atoms. The van der Waals surface area contributed by atoms with Gasteiger partial charge in [-0.05, 0) is 68.3 Å². The minimum Gasteiger partial charge on any atom is -0.352 e. The van der Waals surface area contributed by atoms with Crippen molar-refractivity contribution in [2.45, 2.75) is 50.7 Å². The summed E-state index contributed by atoms with van der Waals surface area (Å²) in [6.45, 7) is 4.73. The average Bonchev–Trinajstić information content (AvgIpc) is 2.91. The number of amides is 2. The first-order chi connectivity index (χ1) is 18.0. The Hall–Kier alpha value is -3.43. The third-order valence-corrected chi connectivity index (χ3v) is 8.35. The van der Waals surface area contributed by atoms with Crippen molar-refractivity contribution in [3.8, 4) is 0 Å². The summed E-state index contributed by atoms with van der Waals surface area (Å²) in [6.07, 6.45) is 0.699. The van der Waals surface area contributed by atoms with Crippen LogP contribution in [0.2, 0.25) is 5.02 Å². The zero-order valence-electron chi connectivity index (χ0n) is 21.5. The normalized spacial score (nSPS) is 12.9. The highest BCUT2D eigenvalue weighted by molar-refractivity contribution is 7.92. The van der Waals surface area contributed by atoms with E-state index in [1.165, 1.54) is 29.2 Å². The van der Waals surface area contributed by atoms with Gasteiger partial charge in [-0.3, -0.25) is 13.9 Å². The van der Waals surface area contributed by atoms with Crippen LogP contribution in [-0.4, -0.2) is 43.8 Å². The molecule has 2 atom stereocenters. The van der Waals surface area contributed by atoms with Gasteiger partial charge in [-0.1, -0.05) is 54.9 Å².